The second-order valence-electron chi connectivity index (χ2n) is 4.70. The van der Waals surface area contributed by atoms with Gasteiger partial charge < -0.3 is 14.5 Å². The maximum Gasteiger partial charge on any atom is 0.337 e. The van der Waals surface area contributed by atoms with Gasteiger partial charge in [0, 0.05) is 30.8 Å². The lowest BCUT2D eigenvalue weighted by Crippen LogP contribution is -2.14. The largest absolute Gasteiger partial charge is 0.497 e. The highest BCUT2D eigenvalue weighted by Gasteiger charge is 2.14. The van der Waals surface area contributed by atoms with Crippen molar-refractivity contribution in [3.05, 3.63) is 52.6 Å². The number of amides is 1. The molecule has 0 saturated carbocycles. The number of ether oxygens (including phenoxy) is 1. The summed E-state index contributed by atoms with van der Waals surface area (Å²) in [5.41, 5.74) is 0.473. The van der Waals surface area contributed by atoms with Crippen LogP contribution in [0.4, 0.5) is 5.69 Å². The Kier molecular flexibility index (Phi) is 3.38. The van der Waals surface area contributed by atoms with E-state index in [2.05, 4.69) is 10.4 Å². The van der Waals surface area contributed by atoms with Crippen LogP contribution in [-0.2, 0) is 7.05 Å². The molecule has 1 amide bonds. The number of fused-ring (bicyclic) bond motifs is 1. The van der Waals surface area contributed by atoms with E-state index in [-0.39, 0.29) is 5.56 Å². The molecule has 7 nitrogen and oxygen atoms in total. The molecule has 22 heavy (non-hydrogen) atoms. The topological polar surface area (TPSA) is 86.4 Å². The SMILES string of the molecule is COc1ccc2c(C(=O)Nc3cnn(C)c3)cc(=O)oc2c1. The normalized spacial score (nSPS) is 10.6. The quantitative estimate of drug-likeness (QED) is 0.745. The number of benzene rings is 1. The van der Waals surface area contributed by atoms with Crippen LogP contribution in [0.2, 0.25) is 0 Å². The van der Waals surface area contributed by atoms with Gasteiger partial charge in [-0.1, -0.05) is 0 Å². The number of aryl methyl sites for hydroxylation is 1. The molecule has 2 heterocycles. The van der Waals surface area contributed by atoms with Gasteiger partial charge in [0.25, 0.3) is 5.91 Å². The zero-order valence-corrected chi connectivity index (χ0v) is 12.0. The maximum absolute atomic E-state index is 12.4. The van der Waals surface area contributed by atoms with Crippen LogP contribution in [-0.4, -0.2) is 22.8 Å². The van der Waals surface area contributed by atoms with Gasteiger partial charge in [0.2, 0.25) is 0 Å². The smallest absolute Gasteiger partial charge is 0.337 e. The molecule has 1 aromatic carbocycles. The Labute approximate surface area is 125 Å². The van der Waals surface area contributed by atoms with Gasteiger partial charge in [-0.3, -0.25) is 9.48 Å². The van der Waals surface area contributed by atoms with Crippen LogP contribution in [0, 0.1) is 0 Å². The van der Waals surface area contributed by atoms with Crippen LogP contribution in [0.1, 0.15) is 10.4 Å². The van der Waals surface area contributed by atoms with Gasteiger partial charge >= 0.3 is 5.63 Å². The van der Waals surface area contributed by atoms with Crippen molar-refractivity contribution in [1.29, 1.82) is 0 Å². The maximum atomic E-state index is 12.4. The molecule has 7 heteroatoms. The summed E-state index contributed by atoms with van der Waals surface area (Å²) in [5.74, 6) is 0.136. The highest BCUT2D eigenvalue weighted by molar-refractivity contribution is 6.11. The summed E-state index contributed by atoms with van der Waals surface area (Å²) in [6.45, 7) is 0. The molecule has 0 atom stereocenters. The summed E-state index contributed by atoms with van der Waals surface area (Å²) >= 11 is 0. The zero-order valence-electron chi connectivity index (χ0n) is 12.0. The predicted molar refractivity (Wildman–Crippen MR) is 80.2 cm³/mol. The molecule has 0 fully saturated rings. The van der Waals surface area contributed by atoms with Crippen LogP contribution < -0.4 is 15.7 Å². The van der Waals surface area contributed by atoms with Crippen LogP contribution in [0.25, 0.3) is 11.0 Å². The molecular weight excluding hydrogens is 286 g/mol. The molecule has 0 aliphatic heterocycles. The molecule has 112 valence electrons. The lowest BCUT2D eigenvalue weighted by Gasteiger charge is -2.06. The highest BCUT2D eigenvalue weighted by Crippen LogP contribution is 2.23. The minimum atomic E-state index is -0.600. The summed E-state index contributed by atoms with van der Waals surface area (Å²) in [4.78, 5) is 24.0. The Hall–Kier alpha value is -3.09. The Bertz CT molecular complexity index is 911. The van der Waals surface area contributed by atoms with Crippen molar-refractivity contribution in [2.45, 2.75) is 0 Å². The van der Waals surface area contributed by atoms with Gasteiger partial charge in [-0.2, -0.15) is 5.10 Å². The summed E-state index contributed by atoms with van der Waals surface area (Å²) in [6, 6.07) is 6.11. The number of hydrogen-bond acceptors (Lipinski definition) is 5. The monoisotopic (exact) mass is 299 g/mol. The number of rotatable bonds is 3. The van der Waals surface area contributed by atoms with Crippen molar-refractivity contribution in [2.75, 3.05) is 12.4 Å². The third kappa shape index (κ3) is 2.56. The second-order valence-corrected chi connectivity index (χ2v) is 4.70. The minimum Gasteiger partial charge on any atom is -0.497 e. The van der Waals surface area contributed by atoms with Crippen LogP contribution in [0.15, 0.2) is 45.9 Å². The van der Waals surface area contributed by atoms with Crippen molar-refractivity contribution >= 4 is 22.6 Å². The average molecular weight is 299 g/mol. The van der Waals surface area contributed by atoms with E-state index >= 15 is 0 Å². The molecule has 2 aromatic heterocycles. The van der Waals surface area contributed by atoms with E-state index in [1.165, 1.54) is 19.4 Å². The van der Waals surface area contributed by atoms with E-state index < -0.39 is 11.5 Å². The van der Waals surface area contributed by atoms with E-state index in [0.29, 0.717) is 22.4 Å². The fraction of sp³-hybridized carbons (Fsp3) is 0.133. The van der Waals surface area contributed by atoms with Crippen LogP contribution in [0.3, 0.4) is 0 Å². The number of hydrogen-bond donors (Lipinski definition) is 1. The number of anilines is 1. The fourth-order valence-electron chi connectivity index (χ4n) is 2.14. The zero-order chi connectivity index (χ0) is 15.7. The third-order valence-corrected chi connectivity index (χ3v) is 3.16. The van der Waals surface area contributed by atoms with Crippen molar-refractivity contribution in [2.24, 2.45) is 7.05 Å². The van der Waals surface area contributed by atoms with Gasteiger partial charge in [-0.25, -0.2) is 4.79 Å². The first-order valence-electron chi connectivity index (χ1n) is 6.49. The van der Waals surface area contributed by atoms with E-state index in [1.807, 2.05) is 0 Å². The average Bonchev–Trinajstić information content (AvgIpc) is 2.90. The van der Waals surface area contributed by atoms with Gasteiger partial charge in [-0.05, 0) is 12.1 Å². The number of methoxy groups -OCH3 is 1. The lowest BCUT2D eigenvalue weighted by molar-refractivity contribution is 0.102. The molecule has 0 radical (unpaired) electrons. The fourth-order valence-corrected chi connectivity index (χ4v) is 2.14. The Morgan fingerprint density at radius 2 is 2.18 bits per heavy atom. The number of nitrogens with one attached hydrogen (secondary N) is 1. The van der Waals surface area contributed by atoms with Gasteiger partial charge in [0.1, 0.15) is 11.3 Å². The van der Waals surface area contributed by atoms with Crippen molar-refractivity contribution in [1.82, 2.24) is 9.78 Å². The number of carbonyl (C=O) groups is 1. The molecule has 0 unspecified atom stereocenters. The number of aromatic nitrogens is 2. The summed E-state index contributed by atoms with van der Waals surface area (Å²) in [6.07, 6.45) is 3.18. The molecule has 0 aliphatic carbocycles. The Morgan fingerprint density at radius 1 is 1.36 bits per heavy atom. The van der Waals surface area contributed by atoms with E-state index in [4.69, 9.17) is 9.15 Å². The Balaban J connectivity index is 2.05. The van der Waals surface area contributed by atoms with E-state index in [0.717, 1.165) is 0 Å². The van der Waals surface area contributed by atoms with Gasteiger partial charge in [-0.15, -0.1) is 0 Å². The van der Waals surface area contributed by atoms with Gasteiger partial charge in [0.05, 0.1) is 24.6 Å². The molecule has 3 rings (SSSR count). The summed E-state index contributed by atoms with van der Waals surface area (Å²) < 4.78 is 11.8. The molecular formula is C15H13N3O4. The predicted octanol–water partition coefficient (Wildman–Crippen LogP) is 1.79. The van der Waals surface area contributed by atoms with Crippen molar-refractivity contribution in [3.63, 3.8) is 0 Å². The Morgan fingerprint density at radius 3 is 2.86 bits per heavy atom. The second kappa shape index (κ2) is 5.36. The molecule has 3 aromatic rings. The van der Waals surface area contributed by atoms with Crippen molar-refractivity contribution < 1.29 is 13.9 Å². The molecule has 0 bridgehead atoms. The molecule has 1 N–H and O–H groups in total. The molecule has 0 spiro atoms. The minimum absolute atomic E-state index is 0.234. The summed E-state index contributed by atoms with van der Waals surface area (Å²) in [5, 5.41) is 7.19. The molecule has 0 aliphatic rings. The standard InChI is InChI=1S/C15H13N3O4/c1-18-8-9(7-16-18)17-15(20)12-6-14(19)22-13-5-10(21-2)3-4-11(12)13/h3-8H,1-2H3,(H,17,20). The first-order valence-corrected chi connectivity index (χ1v) is 6.49. The lowest BCUT2D eigenvalue weighted by atomic mass is 10.1. The van der Waals surface area contributed by atoms with Crippen molar-refractivity contribution in [3.8, 4) is 5.75 Å². The number of nitrogens with zero attached hydrogens (tertiary/aromatic N) is 2. The number of carbonyl (C=O) groups excluding carboxylic acids is 1. The third-order valence-electron chi connectivity index (χ3n) is 3.16. The van der Waals surface area contributed by atoms with E-state index in [9.17, 15) is 9.59 Å². The molecule has 0 saturated heterocycles. The van der Waals surface area contributed by atoms with Gasteiger partial charge in [0.15, 0.2) is 0 Å². The van der Waals surface area contributed by atoms with Crippen LogP contribution >= 0.6 is 0 Å². The van der Waals surface area contributed by atoms with E-state index in [1.54, 1.807) is 36.1 Å². The summed E-state index contributed by atoms with van der Waals surface area (Å²) in [7, 11) is 3.26. The first-order chi connectivity index (χ1) is 10.6. The van der Waals surface area contributed by atoms with Crippen LogP contribution in [0.5, 0.6) is 5.75 Å². The first kappa shape index (κ1) is 13.9. The highest BCUT2D eigenvalue weighted by atomic mass is 16.5.